The van der Waals surface area contributed by atoms with Gasteiger partial charge in [-0.1, -0.05) is 6.07 Å². The van der Waals surface area contributed by atoms with Gasteiger partial charge in [0, 0.05) is 12.1 Å². The fourth-order valence-corrected chi connectivity index (χ4v) is 2.77. The second-order valence-electron chi connectivity index (χ2n) is 5.75. The first-order valence-corrected chi connectivity index (χ1v) is 7.05. The highest BCUT2D eigenvalue weighted by Crippen LogP contribution is 2.25. The van der Waals surface area contributed by atoms with E-state index in [0.29, 0.717) is 12.1 Å². The molecule has 0 atom stereocenters. The van der Waals surface area contributed by atoms with Crippen LogP contribution in [0.5, 0.6) is 0 Å². The van der Waals surface area contributed by atoms with Gasteiger partial charge >= 0.3 is 5.97 Å². The van der Waals surface area contributed by atoms with E-state index in [4.69, 9.17) is 0 Å². The molecule has 0 saturated carbocycles. The van der Waals surface area contributed by atoms with Crippen LogP contribution < -0.4 is 0 Å². The first-order valence-electron chi connectivity index (χ1n) is 7.05. The summed E-state index contributed by atoms with van der Waals surface area (Å²) >= 11 is 0. The molecule has 1 aliphatic rings. The Bertz CT molecular complexity index is 549. The molecule has 1 aromatic carbocycles. The van der Waals surface area contributed by atoms with Crippen LogP contribution in [0.3, 0.4) is 0 Å². The number of hydrogen-bond acceptors (Lipinski definition) is 2. The summed E-state index contributed by atoms with van der Waals surface area (Å²) in [6.45, 7) is 5.29. The van der Waals surface area contributed by atoms with Crippen LogP contribution in [0.1, 0.15) is 48.7 Å². The maximum absolute atomic E-state index is 12.6. The standard InChI is InChI=1S/C16H21NO3/c1-4-17(16(2,3)15(19)20)14(18)13-9-8-11-6-5-7-12(11)10-13/h8-10H,4-7H2,1-3H3,(H,19,20). The SMILES string of the molecule is CCN(C(=O)c1ccc2c(c1)CCC2)C(C)(C)C(=O)O. The number of aliphatic carboxylic acids is 1. The lowest BCUT2D eigenvalue weighted by atomic mass is 10.00. The highest BCUT2D eigenvalue weighted by atomic mass is 16.4. The Morgan fingerprint density at radius 2 is 1.90 bits per heavy atom. The molecule has 0 heterocycles. The van der Waals surface area contributed by atoms with Crippen molar-refractivity contribution in [1.29, 1.82) is 0 Å². The van der Waals surface area contributed by atoms with Gasteiger partial charge in [0.15, 0.2) is 0 Å². The molecule has 20 heavy (non-hydrogen) atoms. The molecule has 0 fully saturated rings. The van der Waals surface area contributed by atoms with Crippen LogP contribution in [-0.4, -0.2) is 34.0 Å². The van der Waals surface area contributed by atoms with Gasteiger partial charge in [-0.2, -0.15) is 0 Å². The van der Waals surface area contributed by atoms with Gasteiger partial charge in [0.2, 0.25) is 0 Å². The second kappa shape index (κ2) is 5.27. The minimum atomic E-state index is -1.20. The van der Waals surface area contributed by atoms with Gasteiger partial charge in [-0.3, -0.25) is 4.79 Å². The van der Waals surface area contributed by atoms with Crippen molar-refractivity contribution >= 4 is 11.9 Å². The van der Waals surface area contributed by atoms with Crippen molar-refractivity contribution in [3.8, 4) is 0 Å². The molecular formula is C16H21NO3. The number of amides is 1. The van der Waals surface area contributed by atoms with Crippen LogP contribution in [0.25, 0.3) is 0 Å². The van der Waals surface area contributed by atoms with Gasteiger partial charge in [0.25, 0.3) is 5.91 Å². The molecule has 0 spiro atoms. The Hall–Kier alpha value is -1.84. The Labute approximate surface area is 119 Å². The van der Waals surface area contributed by atoms with Gasteiger partial charge in [0.05, 0.1) is 0 Å². The van der Waals surface area contributed by atoms with Crippen molar-refractivity contribution in [3.63, 3.8) is 0 Å². The van der Waals surface area contributed by atoms with Crippen molar-refractivity contribution < 1.29 is 14.7 Å². The Balaban J connectivity index is 2.32. The number of fused-ring (bicyclic) bond motifs is 1. The van der Waals surface area contributed by atoms with Crippen LogP contribution in [0.2, 0.25) is 0 Å². The van der Waals surface area contributed by atoms with Crippen LogP contribution in [0.15, 0.2) is 18.2 Å². The third-order valence-electron chi connectivity index (χ3n) is 4.10. The largest absolute Gasteiger partial charge is 0.480 e. The lowest BCUT2D eigenvalue weighted by Crippen LogP contribution is -2.52. The minimum absolute atomic E-state index is 0.213. The summed E-state index contributed by atoms with van der Waals surface area (Å²) in [5, 5.41) is 9.30. The molecule has 0 saturated heterocycles. The number of carboxylic acid groups (broad SMARTS) is 1. The summed E-state index contributed by atoms with van der Waals surface area (Å²) in [7, 11) is 0. The van der Waals surface area contributed by atoms with Gasteiger partial charge in [-0.05, 0) is 63.3 Å². The van der Waals surface area contributed by atoms with E-state index in [1.165, 1.54) is 16.0 Å². The van der Waals surface area contributed by atoms with Gasteiger partial charge < -0.3 is 10.0 Å². The van der Waals surface area contributed by atoms with Crippen LogP contribution in [0.4, 0.5) is 0 Å². The third-order valence-corrected chi connectivity index (χ3v) is 4.10. The zero-order chi connectivity index (χ0) is 14.9. The van der Waals surface area contributed by atoms with Crippen molar-refractivity contribution in [2.75, 3.05) is 6.54 Å². The molecule has 1 aromatic rings. The molecule has 1 amide bonds. The van der Waals surface area contributed by atoms with Crippen molar-refractivity contribution in [2.45, 2.75) is 45.6 Å². The van der Waals surface area contributed by atoms with E-state index in [-0.39, 0.29) is 5.91 Å². The number of carbonyl (C=O) groups is 2. The molecule has 0 aromatic heterocycles. The molecule has 4 heteroatoms. The molecule has 0 bridgehead atoms. The van der Waals surface area contributed by atoms with Crippen molar-refractivity contribution in [2.24, 2.45) is 0 Å². The fraction of sp³-hybridized carbons (Fsp3) is 0.500. The van der Waals surface area contributed by atoms with Crippen molar-refractivity contribution in [1.82, 2.24) is 4.90 Å². The van der Waals surface area contributed by atoms with E-state index < -0.39 is 11.5 Å². The molecule has 0 radical (unpaired) electrons. The lowest BCUT2D eigenvalue weighted by Gasteiger charge is -2.34. The summed E-state index contributed by atoms with van der Waals surface area (Å²) in [4.78, 5) is 25.3. The molecule has 1 N–H and O–H groups in total. The van der Waals surface area contributed by atoms with E-state index in [9.17, 15) is 14.7 Å². The van der Waals surface area contributed by atoms with Crippen LogP contribution in [0, 0.1) is 0 Å². The minimum Gasteiger partial charge on any atom is -0.480 e. The van der Waals surface area contributed by atoms with Gasteiger partial charge in [0.1, 0.15) is 5.54 Å². The van der Waals surface area contributed by atoms with E-state index in [1.54, 1.807) is 20.8 Å². The molecular weight excluding hydrogens is 254 g/mol. The van der Waals surface area contributed by atoms with E-state index in [0.717, 1.165) is 19.3 Å². The number of nitrogens with zero attached hydrogens (tertiary/aromatic N) is 1. The summed E-state index contributed by atoms with van der Waals surface area (Å²) in [5.41, 5.74) is 1.91. The Kier molecular flexibility index (Phi) is 3.84. The maximum Gasteiger partial charge on any atom is 0.329 e. The highest BCUT2D eigenvalue weighted by Gasteiger charge is 2.37. The van der Waals surface area contributed by atoms with Crippen LogP contribution in [-0.2, 0) is 17.6 Å². The topological polar surface area (TPSA) is 57.6 Å². The average Bonchev–Trinajstić information content (AvgIpc) is 2.85. The first-order chi connectivity index (χ1) is 9.37. The predicted molar refractivity (Wildman–Crippen MR) is 76.9 cm³/mol. The number of aryl methyl sites for hydroxylation is 2. The number of carbonyl (C=O) groups excluding carboxylic acids is 1. The number of hydrogen-bond donors (Lipinski definition) is 1. The van der Waals surface area contributed by atoms with E-state index in [1.807, 2.05) is 18.2 Å². The smallest absolute Gasteiger partial charge is 0.329 e. The predicted octanol–water partition coefficient (Wildman–Crippen LogP) is 2.50. The number of carboxylic acids is 1. The monoisotopic (exact) mass is 275 g/mol. The zero-order valence-corrected chi connectivity index (χ0v) is 12.3. The summed E-state index contributed by atoms with van der Waals surface area (Å²) in [6.07, 6.45) is 3.21. The number of benzene rings is 1. The Morgan fingerprint density at radius 1 is 1.25 bits per heavy atom. The fourth-order valence-electron chi connectivity index (χ4n) is 2.77. The normalized spacial score (nSPS) is 13.9. The number of likely N-dealkylation sites (N-methyl/N-ethyl adjacent to an activating group) is 1. The maximum atomic E-state index is 12.6. The average molecular weight is 275 g/mol. The van der Waals surface area contributed by atoms with Crippen LogP contribution >= 0.6 is 0 Å². The number of rotatable bonds is 4. The van der Waals surface area contributed by atoms with E-state index in [2.05, 4.69) is 0 Å². The van der Waals surface area contributed by atoms with Crippen molar-refractivity contribution in [3.05, 3.63) is 34.9 Å². The van der Waals surface area contributed by atoms with E-state index >= 15 is 0 Å². The molecule has 2 rings (SSSR count). The molecule has 0 unspecified atom stereocenters. The molecule has 108 valence electrons. The lowest BCUT2D eigenvalue weighted by molar-refractivity contribution is -0.147. The third kappa shape index (κ3) is 2.42. The quantitative estimate of drug-likeness (QED) is 0.918. The molecule has 1 aliphatic carbocycles. The zero-order valence-electron chi connectivity index (χ0n) is 12.3. The molecule has 4 nitrogen and oxygen atoms in total. The molecule has 0 aliphatic heterocycles. The summed E-state index contributed by atoms with van der Waals surface area (Å²) < 4.78 is 0. The first kappa shape index (κ1) is 14.6. The summed E-state index contributed by atoms with van der Waals surface area (Å²) in [5.74, 6) is -1.21. The summed E-state index contributed by atoms with van der Waals surface area (Å²) in [6, 6.07) is 5.73. The van der Waals surface area contributed by atoms with Gasteiger partial charge in [-0.15, -0.1) is 0 Å². The Morgan fingerprint density at radius 3 is 2.50 bits per heavy atom. The second-order valence-corrected chi connectivity index (χ2v) is 5.75. The highest BCUT2D eigenvalue weighted by molar-refractivity contribution is 5.97. The van der Waals surface area contributed by atoms with Gasteiger partial charge in [-0.25, -0.2) is 4.79 Å².